The van der Waals surface area contributed by atoms with Gasteiger partial charge in [-0.15, -0.1) is 0 Å². The average molecular weight is 420 g/mol. The summed E-state index contributed by atoms with van der Waals surface area (Å²) in [5.41, 5.74) is 6.59. The Morgan fingerprint density at radius 1 is 0.906 bits per heavy atom. The third-order valence-electron chi connectivity index (χ3n) is 5.82. The summed E-state index contributed by atoms with van der Waals surface area (Å²) < 4.78 is 11.4. The van der Waals surface area contributed by atoms with Gasteiger partial charge in [-0.25, -0.2) is 0 Å². The lowest BCUT2D eigenvalue weighted by Gasteiger charge is -2.24. The van der Waals surface area contributed by atoms with Crippen molar-refractivity contribution < 1.29 is 9.15 Å². The van der Waals surface area contributed by atoms with Gasteiger partial charge in [0.15, 0.2) is 5.58 Å². The molecule has 32 heavy (non-hydrogen) atoms. The number of nitrogens with zero attached hydrogens (tertiary/aromatic N) is 3. The van der Waals surface area contributed by atoms with Crippen LogP contribution in [0.1, 0.15) is 24.0 Å². The van der Waals surface area contributed by atoms with Crippen LogP contribution in [0.5, 0.6) is 0 Å². The summed E-state index contributed by atoms with van der Waals surface area (Å²) in [5, 5.41) is 22.7. The third kappa shape index (κ3) is 3.58. The van der Waals surface area contributed by atoms with Gasteiger partial charge in [0, 0.05) is 42.1 Å². The fourth-order valence-corrected chi connectivity index (χ4v) is 4.16. The van der Waals surface area contributed by atoms with E-state index in [9.17, 15) is 10.5 Å². The van der Waals surface area contributed by atoms with Gasteiger partial charge in [0.1, 0.15) is 17.8 Å². The first kappa shape index (κ1) is 19.8. The molecule has 0 spiro atoms. The van der Waals surface area contributed by atoms with Crippen LogP contribution >= 0.6 is 0 Å². The van der Waals surface area contributed by atoms with Crippen LogP contribution in [-0.2, 0) is 4.74 Å². The molecule has 0 amide bonds. The Hall–Kier alpha value is -4.13. The smallest absolute Gasteiger partial charge is 0.160 e. The van der Waals surface area contributed by atoms with E-state index in [0.29, 0.717) is 28.3 Å². The number of hydrogen-bond acceptors (Lipinski definition) is 6. The van der Waals surface area contributed by atoms with Crippen molar-refractivity contribution >= 4 is 16.8 Å². The zero-order chi connectivity index (χ0) is 21.9. The van der Waals surface area contributed by atoms with E-state index >= 15 is 0 Å². The number of rotatable bonds is 4. The topological polar surface area (TPSA) is 94.9 Å². The number of benzene rings is 2. The second-order valence-corrected chi connectivity index (χ2v) is 7.75. The van der Waals surface area contributed by atoms with Crippen LogP contribution in [0.3, 0.4) is 0 Å². The molecule has 0 saturated carbocycles. The molecule has 156 valence electrons. The number of ether oxygens (including phenoxy) is 1. The van der Waals surface area contributed by atoms with E-state index in [0.717, 1.165) is 54.0 Å². The van der Waals surface area contributed by atoms with Crippen LogP contribution in [0.15, 0.2) is 65.4 Å². The van der Waals surface area contributed by atoms with Crippen molar-refractivity contribution in [2.24, 2.45) is 0 Å². The van der Waals surface area contributed by atoms with Gasteiger partial charge in [0.2, 0.25) is 0 Å². The van der Waals surface area contributed by atoms with E-state index in [1.54, 1.807) is 18.5 Å². The van der Waals surface area contributed by atoms with Crippen LogP contribution < -0.4 is 5.32 Å². The summed E-state index contributed by atoms with van der Waals surface area (Å²) in [7, 11) is 0. The molecule has 5 rings (SSSR count). The van der Waals surface area contributed by atoms with E-state index in [1.807, 2.05) is 42.5 Å². The minimum atomic E-state index is 0.308. The molecule has 1 aliphatic rings. The number of nitrogens with one attached hydrogen (secondary N) is 1. The van der Waals surface area contributed by atoms with Crippen molar-refractivity contribution in [3.63, 3.8) is 0 Å². The highest BCUT2D eigenvalue weighted by molar-refractivity contribution is 5.99. The Labute approximate surface area is 185 Å². The van der Waals surface area contributed by atoms with E-state index < -0.39 is 0 Å². The minimum Gasteiger partial charge on any atom is -0.461 e. The van der Waals surface area contributed by atoms with Crippen LogP contribution in [0.25, 0.3) is 33.4 Å². The van der Waals surface area contributed by atoms with E-state index in [4.69, 9.17) is 9.15 Å². The number of aromatic nitrogens is 1. The average Bonchev–Trinajstić information content (AvgIpc) is 3.29. The summed E-state index contributed by atoms with van der Waals surface area (Å²) in [6.07, 6.45) is 5.23. The van der Waals surface area contributed by atoms with Crippen molar-refractivity contribution in [3.05, 3.63) is 72.1 Å². The lowest BCUT2D eigenvalue weighted by Crippen LogP contribution is -2.28. The molecule has 6 heteroatoms. The Morgan fingerprint density at radius 2 is 1.72 bits per heavy atom. The number of nitriles is 2. The van der Waals surface area contributed by atoms with Gasteiger partial charge in [0.25, 0.3) is 0 Å². The molecule has 1 N–H and O–H groups in total. The van der Waals surface area contributed by atoms with Gasteiger partial charge in [0.05, 0.1) is 22.9 Å². The highest BCUT2D eigenvalue weighted by atomic mass is 16.5. The maximum absolute atomic E-state index is 9.76. The molecule has 1 fully saturated rings. The highest BCUT2D eigenvalue weighted by Gasteiger charge is 2.18. The van der Waals surface area contributed by atoms with Crippen molar-refractivity contribution in [1.29, 1.82) is 10.5 Å². The maximum atomic E-state index is 9.76. The lowest BCUT2D eigenvalue weighted by molar-refractivity contribution is 0.0904. The van der Waals surface area contributed by atoms with Crippen LogP contribution in [0, 0.1) is 22.7 Å². The molecule has 6 nitrogen and oxygen atoms in total. The summed E-state index contributed by atoms with van der Waals surface area (Å²) in [4.78, 5) is 4.52. The lowest BCUT2D eigenvalue weighted by atomic mass is 9.99. The first-order valence-corrected chi connectivity index (χ1v) is 10.5. The van der Waals surface area contributed by atoms with E-state index in [1.165, 1.54) is 0 Å². The minimum absolute atomic E-state index is 0.308. The maximum Gasteiger partial charge on any atom is 0.160 e. The molecular weight excluding hydrogens is 400 g/mol. The fourth-order valence-electron chi connectivity index (χ4n) is 4.16. The first-order chi connectivity index (χ1) is 15.8. The van der Waals surface area contributed by atoms with Gasteiger partial charge in [-0.05, 0) is 42.7 Å². The Kier molecular flexibility index (Phi) is 5.29. The number of furan rings is 1. The molecule has 0 atom stereocenters. The Morgan fingerprint density at radius 3 is 2.53 bits per heavy atom. The van der Waals surface area contributed by atoms with Crippen molar-refractivity contribution in [3.8, 4) is 34.4 Å². The zero-order valence-corrected chi connectivity index (χ0v) is 17.3. The second kappa shape index (κ2) is 8.55. The molecule has 4 aromatic rings. The Balaban J connectivity index is 1.55. The third-order valence-corrected chi connectivity index (χ3v) is 5.82. The van der Waals surface area contributed by atoms with E-state index in [-0.39, 0.29) is 0 Å². The van der Waals surface area contributed by atoms with Crippen molar-refractivity contribution in [2.75, 3.05) is 18.5 Å². The van der Waals surface area contributed by atoms with Gasteiger partial charge in [-0.1, -0.05) is 24.3 Å². The molecule has 2 aromatic heterocycles. The van der Waals surface area contributed by atoms with Crippen LogP contribution in [0.4, 0.5) is 5.69 Å². The monoisotopic (exact) mass is 420 g/mol. The fraction of sp³-hybridized carbons (Fsp3) is 0.192. The number of fused-ring (bicyclic) bond motifs is 1. The van der Waals surface area contributed by atoms with Crippen molar-refractivity contribution in [1.82, 2.24) is 4.98 Å². The van der Waals surface area contributed by atoms with Gasteiger partial charge in [-0.2, -0.15) is 10.5 Å². The van der Waals surface area contributed by atoms with E-state index in [2.05, 4.69) is 22.4 Å². The van der Waals surface area contributed by atoms with Crippen molar-refractivity contribution in [2.45, 2.75) is 18.9 Å². The van der Waals surface area contributed by atoms with Gasteiger partial charge >= 0.3 is 0 Å². The molecule has 0 unspecified atom stereocenters. The first-order valence-electron chi connectivity index (χ1n) is 10.5. The number of pyridine rings is 1. The highest BCUT2D eigenvalue weighted by Crippen LogP contribution is 2.37. The van der Waals surface area contributed by atoms with Crippen LogP contribution in [0.2, 0.25) is 0 Å². The molecular formula is C26H20N4O2. The predicted octanol–water partition coefficient (Wildman–Crippen LogP) is 5.50. The Bertz CT molecular complexity index is 1370. The molecule has 0 radical (unpaired) electrons. The van der Waals surface area contributed by atoms with Crippen LogP contribution in [-0.4, -0.2) is 24.2 Å². The molecule has 0 aliphatic carbocycles. The predicted molar refractivity (Wildman–Crippen MR) is 122 cm³/mol. The van der Waals surface area contributed by atoms with Gasteiger partial charge in [-0.3, -0.25) is 4.98 Å². The SMILES string of the molecule is N#Cc1cc(-c2ccnc3c(-c4ccccc4C#N)coc23)ccc1NC1CCOCC1. The largest absolute Gasteiger partial charge is 0.461 e. The number of hydrogen-bond donors (Lipinski definition) is 1. The van der Waals surface area contributed by atoms with Gasteiger partial charge < -0.3 is 14.5 Å². The summed E-state index contributed by atoms with van der Waals surface area (Å²) >= 11 is 0. The molecule has 1 aliphatic heterocycles. The molecule has 2 aromatic carbocycles. The molecule has 0 bridgehead atoms. The summed E-state index contributed by atoms with van der Waals surface area (Å²) in [6, 6.07) is 19.9. The quantitative estimate of drug-likeness (QED) is 0.469. The molecule has 3 heterocycles. The second-order valence-electron chi connectivity index (χ2n) is 7.75. The standard InChI is InChI=1S/C26H20N4O2/c27-14-18-3-1-2-4-21(18)23-16-32-26-22(7-10-29-25(23)26)17-5-6-24(19(13-17)15-28)30-20-8-11-31-12-9-20/h1-7,10,13,16,20,30H,8-9,11-12H2. The normalized spacial score (nSPS) is 14.1. The zero-order valence-electron chi connectivity index (χ0n) is 17.3. The summed E-state index contributed by atoms with van der Waals surface area (Å²) in [5.74, 6) is 0. The number of anilines is 1. The summed E-state index contributed by atoms with van der Waals surface area (Å²) in [6.45, 7) is 1.48. The molecule has 1 saturated heterocycles.